The van der Waals surface area contributed by atoms with E-state index in [0.29, 0.717) is 30.8 Å². The number of carbonyl (C=O) groups is 2. The average Bonchev–Trinajstić information content (AvgIpc) is 2.68. The van der Waals surface area contributed by atoms with E-state index in [4.69, 9.17) is 9.47 Å². The molecule has 2 rings (SSSR count). The molecule has 138 valence electrons. The third-order valence-electron chi connectivity index (χ3n) is 3.86. The standard InChI is InChI=1S/C20H24N2O4/c1-25-14-13-22-20(24)17-7-5-16(6-8-17)19(23)21-12-11-15-3-9-18(26-2)10-4-15/h3-10H,11-14H2,1-2H3,(H,21,23)(H,22,24). The van der Waals surface area contributed by atoms with E-state index in [1.54, 1.807) is 38.5 Å². The molecule has 0 atom stereocenters. The van der Waals surface area contributed by atoms with Crippen molar-refractivity contribution in [2.24, 2.45) is 0 Å². The Morgan fingerprint density at radius 2 is 1.35 bits per heavy atom. The molecule has 0 aliphatic heterocycles. The fourth-order valence-corrected chi connectivity index (χ4v) is 2.36. The van der Waals surface area contributed by atoms with E-state index in [-0.39, 0.29) is 11.8 Å². The van der Waals surface area contributed by atoms with Gasteiger partial charge in [0.25, 0.3) is 11.8 Å². The van der Waals surface area contributed by atoms with Gasteiger partial charge in [0, 0.05) is 31.3 Å². The highest BCUT2D eigenvalue weighted by Crippen LogP contribution is 2.11. The van der Waals surface area contributed by atoms with Crippen molar-refractivity contribution in [3.05, 3.63) is 65.2 Å². The van der Waals surface area contributed by atoms with Crippen LogP contribution >= 0.6 is 0 Å². The zero-order valence-corrected chi connectivity index (χ0v) is 15.1. The molecule has 26 heavy (non-hydrogen) atoms. The van der Waals surface area contributed by atoms with E-state index >= 15 is 0 Å². The first-order valence-electron chi connectivity index (χ1n) is 8.42. The third-order valence-corrected chi connectivity index (χ3v) is 3.86. The van der Waals surface area contributed by atoms with E-state index in [1.165, 1.54) is 0 Å². The second-order valence-corrected chi connectivity index (χ2v) is 5.68. The van der Waals surface area contributed by atoms with E-state index in [9.17, 15) is 9.59 Å². The van der Waals surface area contributed by atoms with Gasteiger partial charge in [-0.1, -0.05) is 12.1 Å². The summed E-state index contributed by atoms with van der Waals surface area (Å²) in [6.07, 6.45) is 0.732. The van der Waals surface area contributed by atoms with Crippen molar-refractivity contribution in [1.29, 1.82) is 0 Å². The first kappa shape index (κ1) is 19.5. The van der Waals surface area contributed by atoms with Crippen LogP contribution < -0.4 is 15.4 Å². The van der Waals surface area contributed by atoms with Gasteiger partial charge in [-0.3, -0.25) is 9.59 Å². The Morgan fingerprint density at radius 3 is 1.85 bits per heavy atom. The number of hydrogen-bond acceptors (Lipinski definition) is 4. The van der Waals surface area contributed by atoms with Crippen LogP contribution in [0.3, 0.4) is 0 Å². The summed E-state index contributed by atoms with van der Waals surface area (Å²) in [6, 6.07) is 14.3. The minimum Gasteiger partial charge on any atom is -0.497 e. The van der Waals surface area contributed by atoms with Gasteiger partial charge in [0.05, 0.1) is 13.7 Å². The van der Waals surface area contributed by atoms with Crippen LogP contribution in [-0.2, 0) is 11.2 Å². The van der Waals surface area contributed by atoms with Crippen molar-refractivity contribution in [2.75, 3.05) is 33.9 Å². The Kier molecular flexibility index (Phi) is 7.64. The summed E-state index contributed by atoms with van der Waals surface area (Å²) in [4.78, 5) is 24.1. The summed E-state index contributed by atoms with van der Waals surface area (Å²) in [6.45, 7) is 1.44. The van der Waals surface area contributed by atoms with Crippen molar-refractivity contribution < 1.29 is 19.1 Å². The average molecular weight is 356 g/mol. The molecule has 2 aromatic carbocycles. The summed E-state index contributed by atoms with van der Waals surface area (Å²) in [5.41, 5.74) is 2.15. The van der Waals surface area contributed by atoms with Gasteiger partial charge in [-0.25, -0.2) is 0 Å². The number of hydrogen-bond donors (Lipinski definition) is 2. The molecule has 0 saturated carbocycles. The molecule has 0 bridgehead atoms. The van der Waals surface area contributed by atoms with Crippen LogP contribution in [0.15, 0.2) is 48.5 Å². The summed E-state index contributed by atoms with van der Waals surface area (Å²) in [5, 5.41) is 5.62. The Labute approximate surface area is 153 Å². The van der Waals surface area contributed by atoms with Crippen molar-refractivity contribution >= 4 is 11.8 Å². The van der Waals surface area contributed by atoms with Crippen molar-refractivity contribution in [3.63, 3.8) is 0 Å². The lowest BCUT2D eigenvalue weighted by molar-refractivity contribution is 0.0931. The molecule has 0 spiro atoms. The molecule has 2 aromatic rings. The molecule has 6 nitrogen and oxygen atoms in total. The van der Waals surface area contributed by atoms with E-state index in [0.717, 1.165) is 17.7 Å². The van der Waals surface area contributed by atoms with Crippen LogP contribution in [0, 0.1) is 0 Å². The summed E-state index contributed by atoms with van der Waals surface area (Å²) < 4.78 is 10.0. The van der Waals surface area contributed by atoms with Crippen LogP contribution in [0.5, 0.6) is 5.75 Å². The van der Waals surface area contributed by atoms with Gasteiger partial charge in [0.1, 0.15) is 5.75 Å². The predicted octanol–water partition coefficient (Wildman–Crippen LogP) is 2.04. The highest BCUT2D eigenvalue weighted by atomic mass is 16.5. The fourth-order valence-electron chi connectivity index (χ4n) is 2.36. The summed E-state index contributed by atoms with van der Waals surface area (Å²) >= 11 is 0. The molecule has 0 fully saturated rings. The molecule has 0 saturated heterocycles. The lowest BCUT2D eigenvalue weighted by Crippen LogP contribution is -2.27. The van der Waals surface area contributed by atoms with Gasteiger partial charge in [-0.05, 0) is 48.4 Å². The first-order valence-corrected chi connectivity index (χ1v) is 8.42. The van der Waals surface area contributed by atoms with Crippen molar-refractivity contribution in [3.8, 4) is 5.75 Å². The highest BCUT2D eigenvalue weighted by molar-refractivity contribution is 5.97. The molecule has 2 N–H and O–H groups in total. The maximum absolute atomic E-state index is 12.2. The van der Waals surface area contributed by atoms with Gasteiger partial charge in [-0.15, -0.1) is 0 Å². The van der Waals surface area contributed by atoms with E-state index in [2.05, 4.69) is 10.6 Å². The number of methoxy groups -OCH3 is 2. The lowest BCUT2D eigenvalue weighted by Gasteiger charge is -2.08. The molecule has 0 unspecified atom stereocenters. The topological polar surface area (TPSA) is 76.7 Å². The van der Waals surface area contributed by atoms with Gasteiger partial charge in [-0.2, -0.15) is 0 Å². The Bertz CT molecular complexity index is 712. The Morgan fingerprint density at radius 1 is 0.808 bits per heavy atom. The van der Waals surface area contributed by atoms with Gasteiger partial charge in [0.2, 0.25) is 0 Å². The second kappa shape index (κ2) is 10.2. The monoisotopic (exact) mass is 356 g/mol. The Hall–Kier alpha value is -2.86. The predicted molar refractivity (Wildman–Crippen MR) is 99.7 cm³/mol. The number of amides is 2. The van der Waals surface area contributed by atoms with E-state index in [1.807, 2.05) is 24.3 Å². The van der Waals surface area contributed by atoms with Crippen LogP contribution in [0.25, 0.3) is 0 Å². The maximum atomic E-state index is 12.2. The molecule has 0 aliphatic carbocycles. The maximum Gasteiger partial charge on any atom is 0.251 e. The van der Waals surface area contributed by atoms with E-state index < -0.39 is 0 Å². The van der Waals surface area contributed by atoms with Gasteiger partial charge < -0.3 is 20.1 Å². The molecule has 0 radical (unpaired) electrons. The quantitative estimate of drug-likeness (QED) is 0.674. The lowest BCUT2D eigenvalue weighted by atomic mass is 10.1. The molecule has 2 amide bonds. The SMILES string of the molecule is COCCNC(=O)c1ccc(C(=O)NCCc2ccc(OC)cc2)cc1. The largest absolute Gasteiger partial charge is 0.497 e. The first-order chi connectivity index (χ1) is 12.6. The molecule has 0 aromatic heterocycles. The van der Waals surface area contributed by atoms with Crippen LogP contribution in [0.4, 0.5) is 0 Å². The zero-order valence-electron chi connectivity index (χ0n) is 15.1. The summed E-state index contributed by atoms with van der Waals surface area (Å²) in [5.74, 6) is 0.461. The molecular weight excluding hydrogens is 332 g/mol. The van der Waals surface area contributed by atoms with Gasteiger partial charge >= 0.3 is 0 Å². The molecular formula is C20H24N2O4. The number of ether oxygens (including phenoxy) is 2. The normalized spacial score (nSPS) is 10.2. The molecule has 6 heteroatoms. The Balaban J connectivity index is 1.80. The third kappa shape index (κ3) is 5.89. The zero-order chi connectivity index (χ0) is 18.8. The number of nitrogens with one attached hydrogen (secondary N) is 2. The number of rotatable bonds is 9. The van der Waals surface area contributed by atoms with Crippen LogP contribution in [0.1, 0.15) is 26.3 Å². The summed E-state index contributed by atoms with van der Waals surface area (Å²) in [7, 11) is 3.21. The van der Waals surface area contributed by atoms with Crippen LogP contribution in [-0.4, -0.2) is 45.7 Å². The molecule has 0 aliphatic rings. The van der Waals surface area contributed by atoms with Crippen molar-refractivity contribution in [1.82, 2.24) is 10.6 Å². The van der Waals surface area contributed by atoms with Crippen molar-refractivity contribution in [2.45, 2.75) is 6.42 Å². The van der Waals surface area contributed by atoms with Gasteiger partial charge in [0.15, 0.2) is 0 Å². The fraction of sp³-hybridized carbons (Fsp3) is 0.300. The second-order valence-electron chi connectivity index (χ2n) is 5.68. The number of carbonyl (C=O) groups excluding carboxylic acids is 2. The minimum absolute atomic E-state index is 0.162. The van der Waals surface area contributed by atoms with Crippen LogP contribution in [0.2, 0.25) is 0 Å². The molecule has 0 heterocycles. The smallest absolute Gasteiger partial charge is 0.251 e. The highest BCUT2D eigenvalue weighted by Gasteiger charge is 2.08. The number of benzene rings is 2. The minimum atomic E-state index is -0.187.